The number of rotatable bonds is 4. The number of fused-ring (bicyclic) bond motifs is 1. The Hall–Kier alpha value is -0.970. The Morgan fingerprint density at radius 1 is 0.950 bits per heavy atom. The molecule has 20 heavy (non-hydrogen) atoms. The van der Waals surface area contributed by atoms with Gasteiger partial charge in [0.05, 0.1) is 11.2 Å². The van der Waals surface area contributed by atoms with Crippen LogP contribution in [0.25, 0.3) is 10.9 Å². The van der Waals surface area contributed by atoms with Crippen LogP contribution in [0.2, 0.25) is 0 Å². The topological polar surface area (TPSA) is 19.4 Å². The maximum Gasteiger partial charge on any atom is 0.0705 e. The lowest BCUT2D eigenvalue weighted by Crippen LogP contribution is -2.46. The summed E-state index contributed by atoms with van der Waals surface area (Å²) in [4.78, 5) is 9.78. The van der Waals surface area contributed by atoms with Crippen LogP contribution in [-0.2, 0) is 6.54 Å². The van der Waals surface area contributed by atoms with E-state index in [1.54, 1.807) is 0 Å². The summed E-state index contributed by atoms with van der Waals surface area (Å²) in [5.74, 6) is 0. The fourth-order valence-electron chi connectivity index (χ4n) is 2.72. The van der Waals surface area contributed by atoms with Gasteiger partial charge in [0.25, 0.3) is 0 Å². The van der Waals surface area contributed by atoms with E-state index in [0.29, 0.717) is 0 Å². The highest BCUT2D eigenvalue weighted by atomic mass is 79.9. The van der Waals surface area contributed by atoms with Gasteiger partial charge in [-0.2, -0.15) is 0 Å². The van der Waals surface area contributed by atoms with Crippen LogP contribution in [0.5, 0.6) is 0 Å². The fraction of sp³-hybridized carbons (Fsp3) is 0.438. The summed E-state index contributed by atoms with van der Waals surface area (Å²) in [6.07, 6.45) is 0. The van der Waals surface area contributed by atoms with E-state index in [1.165, 1.54) is 24.2 Å². The van der Waals surface area contributed by atoms with Crippen LogP contribution in [0, 0.1) is 0 Å². The maximum atomic E-state index is 4.76. The van der Waals surface area contributed by atoms with Gasteiger partial charge in [0.1, 0.15) is 0 Å². The molecule has 0 radical (unpaired) electrons. The van der Waals surface area contributed by atoms with E-state index < -0.39 is 0 Å². The smallest absolute Gasteiger partial charge is 0.0705 e. The molecule has 1 saturated heterocycles. The van der Waals surface area contributed by atoms with E-state index in [4.69, 9.17) is 4.98 Å². The molecule has 4 heteroatoms. The Labute approximate surface area is 128 Å². The zero-order valence-corrected chi connectivity index (χ0v) is 13.2. The number of nitrogens with zero attached hydrogens (tertiary/aromatic N) is 3. The molecule has 2 heterocycles. The molecule has 1 aromatic carbocycles. The number of para-hydroxylation sites is 1. The number of hydrogen-bond acceptors (Lipinski definition) is 3. The molecule has 106 valence electrons. The van der Waals surface area contributed by atoms with Crippen LogP contribution >= 0.6 is 15.9 Å². The standard InChI is InChI=1S/C16H20BrN3/c17-7-8-19-9-11-20(12-10-19)13-15-6-5-14-3-1-2-4-16(14)18-15/h1-6H,7-13H2. The number of pyridine rings is 1. The van der Waals surface area contributed by atoms with Gasteiger partial charge in [0.15, 0.2) is 0 Å². The minimum absolute atomic E-state index is 0.965. The first-order valence-electron chi connectivity index (χ1n) is 7.20. The molecule has 0 bridgehead atoms. The molecule has 0 N–H and O–H groups in total. The lowest BCUT2D eigenvalue weighted by atomic mass is 10.2. The highest BCUT2D eigenvalue weighted by molar-refractivity contribution is 9.09. The summed E-state index contributed by atoms with van der Waals surface area (Å²) >= 11 is 3.51. The fourth-order valence-corrected chi connectivity index (χ4v) is 3.22. The average molecular weight is 334 g/mol. The third-order valence-electron chi connectivity index (χ3n) is 3.91. The zero-order chi connectivity index (χ0) is 13.8. The summed E-state index contributed by atoms with van der Waals surface area (Å²) in [6, 6.07) is 12.7. The molecule has 1 aromatic heterocycles. The number of piperazine rings is 1. The number of aromatic nitrogens is 1. The van der Waals surface area contributed by atoms with Crippen molar-refractivity contribution in [2.75, 3.05) is 38.1 Å². The van der Waals surface area contributed by atoms with Crippen LogP contribution in [0.1, 0.15) is 5.69 Å². The van der Waals surface area contributed by atoms with Gasteiger partial charge in [-0.25, -0.2) is 0 Å². The maximum absolute atomic E-state index is 4.76. The molecule has 0 saturated carbocycles. The van der Waals surface area contributed by atoms with Crippen molar-refractivity contribution >= 4 is 26.8 Å². The first-order chi connectivity index (χ1) is 9.85. The third kappa shape index (κ3) is 3.37. The van der Waals surface area contributed by atoms with Gasteiger partial charge in [-0.15, -0.1) is 0 Å². The molecule has 0 spiro atoms. The molecule has 1 aliphatic rings. The predicted octanol–water partition coefficient (Wildman–Crippen LogP) is 2.75. The second-order valence-electron chi connectivity index (χ2n) is 5.30. The van der Waals surface area contributed by atoms with Crippen molar-refractivity contribution in [1.82, 2.24) is 14.8 Å². The molecule has 0 unspecified atom stereocenters. The summed E-state index contributed by atoms with van der Waals surface area (Å²) in [5, 5.41) is 2.29. The van der Waals surface area contributed by atoms with Crippen molar-refractivity contribution in [3.63, 3.8) is 0 Å². The monoisotopic (exact) mass is 333 g/mol. The molecule has 3 rings (SSSR count). The molecule has 0 aliphatic carbocycles. The summed E-state index contributed by atoms with van der Waals surface area (Å²) in [7, 11) is 0. The van der Waals surface area contributed by atoms with Gasteiger partial charge < -0.3 is 0 Å². The summed E-state index contributed by atoms with van der Waals surface area (Å²) < 4.78 is 0. The van der Waals surface area contributed by atoms with Gasteiger partial charge in [-0.3, -0.25) is 14.8 Å². The van der Waals surface area contributed by atoms with E-state index in [0.717, 1.165) is 37.0 Å². The van der Waals surface area contributed by atoms with Crippen LogP contribution < -0.4 is 0 Å². The second kappa shape index (κ2) is 6.66. The van der Waals surface area contributed by atoms with Gasteiger partial charge in [0, 0.05) is 50.0 Å². The summed E-state index contributed by atoms with van der Waals surface area (Å²) in [6.45, 7) is 6.73. The molecule has 3 nitrogen and oxygen atoms in total. The molecule has 1 aliphatic heterocycles. The van der Waals surface area contributed by atoms with Crippen LogP contribution in [0.3, 0.4) is 0 Å². The SMILES string of the molecule is BrCCN1CCN(Cc2ccc3ccccc3n2)CC1. The minimum atomic E-state index is 0.965. The highest BCUT2D eigenvalue weighted by Gasteiger charge is 2.16. The quantitative estimate of drug-likeness (QED) is 0.802. The Balaban J connectivity index is 1.62. The molecular formula is C16H20BrN3. The Morgan fingerprint density at radius 3 is 2.50 bits per heavy atom. The number of halogens is 1. The van der Waals surface area contributed by atoms with Crippen molar-refractivity contribution < 1.29 is 0 Å². The lowest BCUT2D eigenvalue weighted by molar-refractivity contribution is 0.132. The normalized spacial score (nSPS) is 17.6. The van der Waals surface area contributed by atoms with Gasteiger partial charge in [-0.05, 0) is 12.1 Å². The first-order valence-corrected chi connectivity index (χ1v) is 8.32. The van der Waals surface area contributed by atoms with Gasteiger partial charge >= 0.3 is 0 Å². The molecule has 1 fully saturated rings. The van der Waals surface area contributed by atoms with E-state index in [1.807, 2.05) is 0 Å². The lowest BCUT2D eigenvalue weighted by Gasteiger charge is -2.34. The number of hydrogen-bond donors (Lipinski definition) is 0. The van der Waals surface area contributed by atoms with E-state index in [-0.39, 0.29) is 0 Å². The van der Waals surface area contributed by atoms with Crippen LogP contribution in [0.15, 0.2) is 36.4 Å². The third-order valence-corrected chi connectivity index (χ3v) is 4.26. The van der Waals surface area contributed by atoms with Crippen molar-refractivity contribution in [3.8, 4) is 0 Å². The van der Waals surface area contributed by atoms with E-state index in [2.05, 4.69) is 62.1 Å². The number of benzene rings is 1. The predicted molar refractivity (Wildman–Crippen MR) is 87.3 cm³/mol. The first kappa shape index (κ1) is 14.0. The zero-order valence-electron chi connectivity index (χ0n) is 11.6. The van der Waals surface area contributed by atoms with Crippen molar-refractivity contribution in [2.24, 2.45) is 0 Å². The van der Waals surface area contributed by atoms with E-state index >= 15 is 0 Å². The largest absolute Gasteiger partial charge is 0.300 e. The van der Waals surface area contributed by atoms with Gasteiger partial charge in [0.2, 0.25) is 0 Å². The highest BCUT2D eigenvalue weighted by Crippen LogP contribution is 2.14. The Kier molecular flexibility index (Phi) is 4.65. The van der Waals surface area contributed by atoms with Crippen molar-refractivity contribution in [2.45, 2.75) is 6.54 Å². The minimum Gasteiger partial charge on any atom is -0.300 e. The number of alkyl halides is 1. The van der Waals surface area contributed by atoms with Crippen LogP contribution in [-0.4, -0.2) is 52.8 Å². The van der Waals surface area contributed by atoms with Crippen molar-refractivity contribution in [1.29, 1.82) is 0 Å². The molecular weight excluding hydrogens is 314 g/mol. The molecule has 0 amide bonds. The Morgan fingerprint density at radius 2 is 1.70 bits per heavy atom. The summed E-state index contributed by atoms with van der Waals surface area (Å²) in [5.41, 5.74) is 2.28. The second-order valence-corrected chi connectivity index (χ2v) is 6.10. The van der Waals surface area contributed by atoms with Gasteiger partial charge in [-0.1, -0.05) is 40.2 Å². The molecule has 2 aromatic rings. The van der Waals surface area contributed by atoms with Crippen LogP contribution in [0.4, 0.5) is 0 Å². The molecule has 0 atom stereocenters. The van der Waals surface area contributed by atoms with E-state index in [9.17, 15) is 0 Å². The van der Waals surface area contributed by atoms with Crippen molar-refractivity contribution in [3.05, 3.63) is 42.1 Å². The average Bonchev–Trinajstić information content (AvgIpc) is 2.49. The Bertz CT molecular complexity index is 564.